The summed E-state index contributed by atoms with van der Waals surface area (Å²) in [5, 5.41) is 22.8. The SMILES string of the molecule is CC(C)c1cc(-c2ccc(OCCNCC(O)COc3cccc4[nH]c(=O)[nH]c34)cc2)ccc1C(=O)O. The molecule has 37 heavy (non-hydrogen) atoms. The Balaban J connectivity index is 1.21. The fraction of sp³-hybridized carbons (Fsp3) is 0.286. The molecular weight excluding hydrogens is 474 g/mol. The molecule has 3 aromatic carbocycles. The third-order valence-electron chi connectivity index (χ3n) is 5.96. The number of para-hydroxylation sites is 1. The van der Waals surface area contributed by atoms with Crippen LogP contribution >= 0.6 is 0 Å². The summed E-state index contributed by atoms with van der Waals surface area (Å²) in [4.78, 5) is 28.3. The highest BCUT2D eigenvalue weighted by molar-refractivity contribution is 5.90. The first kappa shape index (κ1) is 26.0. The fourth-order valence-electron chi connectivity index (χ4n) is 4.06. The van der Waals surface area contributed by atoms with Crippen LogP contribution in [0.15, 0.2) is 65.5 Å². The number of nitrogens with one attached hydrogen (secondary N) is 3. The van der Waals surface area contributed by atoms with Gasteiger partial charge in [-0.05, 0) is 52.9 Å². The Hall–Kier alpha value is -4.08. The van der Waals surface area contributed by atoms with E-state index in [-0.39, 0.29) is 18.2 Å². The number of benzene rings is 3. The molecule has 5 N–H and O–H groups in total. The van der Waals surface area contributed by atoms with E-state index in [0.29, 0.717) is 47.8 Å². The highest BCUT2D eigenvalue weighted by atomic mass is 16.5. The number of imidazole rings is 1. The first-order chi connectivity index (χ1) is 17.8. The molecule has 0 saturated carbocycles. The maximum Gasteiger partial charge on any atom is 0.335 e. The minimum absolute atomic E-state index is 0.0770. The Morgan fingerprint density at radius 1 is 1.00 bits per heavy atom. The molecule has 1 heterocycles. The molecule has 0 fully saturated rings. The molecule has 0 aliphatic heterocycles. The number of aromatic nitrogens is 2. The molecule has 0 saturated heterocycles. The summed E-state index contributed by atoms with van der Waals surface area (Å²) in [5.41, 5.74) is 3.99. The Kier molecular flexibility index (Phi) is 8.27. The van der Waals surface area contributed by atoms with Gasteiger partial charge in [0.25, 0.3) is 0 Å². The Bertz CT molecular complexity index is 1410. The summed E-state index contributed by atoms with van der Waals surface area (Å²) < 4.78 is 11.4. The van der Waals surface area contributed by atoms with Crippen LogP contribution in [0.25, 0.3) is 22.2 Å². The molecule has 1 unspecified atom stereocenters. The van der Waals surface area contributed by atoms with Crippen LogP contribution in [0.3, 0.4) is 0 Å². The predicted octanol–water partition coefficient (Wildman–Crippen LogP) is 3.75. The van der Waals surface area contributed by atoms with Gasteiger partial charge in [0.05, 0.1) is 11.1 Å². The van der Waals surface area contributed by atoms with Crippen LogP contribution in [0.4, 0.5) is 0 Å². The number of hydrogen-bond donors (Lipinski definition) is 5. The summed E-state index contributed by atoms with van der Waals surface area (Å²) in [7, 11) is 0. The number of aliphatic hydroxyl groups excluding tert-OH is 1. The van der Waals surface area contributed by atoms with Crippen LogP contribution in [-0.2, 0) is 0 Å². The minimum Gasteiger partial charge on any atom is -0.492 e. The number of H-pyrrole nitrogens is 2. The topological polar surface area (TPSA) is 137 Å². The maximum atomic E-state index is 11.5. The van der Waals surface area contributed by atoms with Crippen molar-refractivity contribution in [1.29, 1.82) is 0 Å². The average molecular weight is 506 g/mol. The number of carbonyl (C=O) groups is 1. The fourth-order valence-corrected chi connectivity index (χ4v) is 4.06. The van der Waals surface area contributed by atoms with Crippen molar-refractivity contribution in [2.75, 3.05) is 26.3 Å². The number of carboxylic acids is 1. The van der Waals surface area contributed by atoms with E-state index < -0.39 is 12.1 Å². The van der Waals surface area contributed by atoms with E-state index in [4.69, 9.17) is 9.47 Å². The Labute approximate surface area is 214 Å². The van der Waals surface area contributed by atoms with Crippen molar-refractivity contribution in [2.24, 2.45) is 0 Å². The van der Waals surface area contributed by atoms with E-state index in [2.05, 4.69) is 15.3 Å². The van der Waals surface area contributed by atoms with Crippen LogP contribution in [0.2, 0.25) is 0 Å². The maximum absolute atomic E-state index is 11.5. The van der Waals surface area contributed by atoms with Crippen molar-refractivity contribution in [1.82, 2.24) is 15.3 Å². The van der Waals surface area contributed by atoms with Gasteiger partial charge < -0.3 is 35.0 Å². The summed E-state index contributed by atoms with van der Waals surface area (Å²) in [6.07, 6.45) is -0.733. The Morgan fingerprint density at radius 2 is 1.76 bits per heavy atom. The Morgan fingerprint density at radius 3 is 2.49 bits per heavy atom. The largest absolute Gasteiger partial charge is 0.492 e. The number of aromatic amines is 2. The summed E-state index contributed by atoms with van der Waals surface area (Å²) in [5.74, 6) is 0.402. The third-order valence-corrected chi connectivity index (χ3v) is 5.96. The van der Waals surface area contributed by atoms with Crippen molar-refractivity contribution in [3.63, 3.8) is 0 Å². The molecule has 0 amide bonds. The first-order valence-corrected chi connectivity index (χ1v) is 12.1. The lowest BCUT2D eigenvalue weighted by Gasteiger charge is -2.14. The molecule has 1 aromatic heterocycles. The van der Waals surface area contributed by atoms with Crippen molar-refractivity contribution >= 4 is 17.0 Å². The smallest absolute Gasteiger partial charge is 0.335 e. The van der Waals surface area contributed by atoms with Gasteiger partial charge in [-0.3, -0.25) is 0 Å². The zero-order valence-electron chi connectivity index (χ0n) is 20.8. The summed E-state index contributed by atoms with van der Waals surface area (Å²) >= 11 is 0. The van der Waals surface area contributed by atoms with Crippen LogP contribution in [0.1, 0.15) is 35.7 Å². The van der Waals surface area contributed by atoms with Crippen molar-refractivity contribution in [2.45, 2.75) is 25.9 Å². The van der Waals surface area contributed by atoms with Crippen molar-refractivity contribution in [3.8, 4) is 22.6 Å². The second-order valence-corrected chi connectivity index (χ2v) is 9.06. The van der Waals surface area contributed by atoms with Gasteiger partial charge in [0.1, 0.15) is 36.3 Å². The molecule has 4 rings (SSSR count). The number of hydrogen-bond acceptors (Lipinski definition) is 6. The number of aromatic carboxylic acids is 1. The summed E-state index contributed by atoms with van der Waals surface area (Å²) in [6.45, 7) is 5.32. The molecule has 0 aliphatic carbocycles. The van der Waals surface area contributed by atoms with E-state index in [1.807, 2.05) is 50.2 Å². The van der Waals surface area contributed by atoms with Gasteiger partial charge in [-0.25, -0.2) is 9.59 Å². The van der Waals surface area contributed by atoms with E-state index in [1.54, 1.807) is 24.3 Å². The number of carboxylic acid groups (broad SMARTS) is 1. The zero-order chi connectivity index (χ0) is 26.4. The molecule has 4 aromatic rings. The second-order valence-electron chi connectivity index (χ2n) is 9.06. The summed E-state index contributed by atoms with van der Waals surface area (Å²) in [6, 6.07) is 18.3. The van der Waals surface area contributed by atoms with Crippen molar-refractivity contribution in [3.05, 3.63) is 82.3 Å². The van der Waals surface area contributed by atoms with Gasteiger partial charge in [0.15, 0.2) is 0 Å². The highest BCUT2D eigenvalue weighted by Gasteiger charge is 2.14. The predicted molar refractivity (Wildman–Crippen MR) is 142 cm³/mol. The standard InChI is InChI=1S/C28H31N3O6/c1-17(2)23-14-19(8-11-22(23)27(33)34)18-6-9-21(10-7-18)36-13-12-29-15-20(32)16-37-25-5-3-4-24-26(25)31-28(35)30-24/h3-11,14,17,20,29,32H,12-13,15-16H2,1-2H3,(H,33,34)(H2,30,31,35). The molecule has 9 heteroatoms. The molecule has 0 spiro atoms. The molecule has 9 nitrogen and oxygen atoms in total. The average Bonchev–Trinajstić information content (AvgIpc) is 3.28. The quantitative estimate of drug-likeness (QED) is 0.185. The second kappa shape index (κ2) is 11.8. The van der Waals surface area contributed by atoms with Crippen molar-refractivity contribution < 1.29 is 24.5 Å². The van der Waals surface area contributed by atoms with Gasteiger partial charge in [0.2, 0.25) is 0 Å². The highest BCUT2D eigenvalue weighted by Crippen LogP contribution is 2.28. The lowest BCUT2D eigenvalue weighted by Crippen LogP contribution is -2.33. The minimum atomic E-state index is -0.917. The number of fused-ring (bicyclic) bond motifs is 1. The van der Waals surface area contributed by atoms with Gasteiger partial charge in [-0.2, -0.15) is 0 Å². The number of rotatable bonds is 12. The van der Waals surface area contributed by atoms with Crippen LogP contribution in [-0.4, -0.2) is 58.6 Å². The van der Waals surface area contributed by atoms with Gasteiger partial charge in [-0.15, -0.1) is 0 Å². The number of ether oxygens (including phenoxy) is 2. The van der Waals surface area contributed by atoms with Crippen LogP contribution in [0.5, 0.6) is 11.5 Å². The van der Waals surface area contributed by atoms with Crippen LogP contribution < -0.4 is 20.5 Å². The zero-order valence-corrected chi connectivity index (χ0v) is 20.8. The first-order valence-electron chi connectivity index (χ1n) is 12.1. The molecule has 1 atom stereocenters. The molecule has 0 aliphatic rings. The molecular formula is C28H31N3O6. The normalized spacial score (nSPS) is 12.1. The lowest BCUT2D eigenvalue weighted by atomic mass is 9.93. The van der Waals surface area contributed by atoms with E-state index in [0.717, 1.165) is 16.7 Å². The molecule has 0 radical (unpaired) electrons. The van der Waals surface area contributed by atoms with Gasteiger partial charge in [-0.1, -0.05) is 44.2 Å². The molecule has 194 valence electrons. The van der Waals surface area contributed by atoms with E-state index >= 15 is 0 Å². The number of aliphatic hydroxyl groups is 1. The monoisotopic (exact) mass is 505 g/mol. The van der Waals surface area contributed by atoms with E-state index in [9.17, 15) is 19.8 Å². The van der Waals surface area contributed by atoms with Gasteiger partial charge in [0, 0.05) is 13.1 Å². The lowest BCUT2D eigenvalue weighted by molar-refractivity contribution is 0.0695. The van der Waals surface area contributed by atoms with Crippen LogP contribution in [0, 0.1) is 0 Å². The van der Waals surface area contributed by atoms with E-state index in [1.165, 1.54) is 0 Å². The van der Waals surface area contributed by atoms with Gasteiger partial charge >= 0.3 is 11.7 Å². The third kappa shape index (κ3) is 6.58. The molecule has 0 bridgehead atoms.